The van der Waals surface area contributed by atoms with Gasteiger partial charge in [0.1, 0.15) is 0 Å². The molecular formula is C21H21N3O2. The number of ketones is 1. The van der Waals surface area contributed by atoms with Crippen LogP contribution in [-0.2, 0) is 13.5 Å². The van der Waals surface area contributed by atoms with Crippen LogP contribution in [0.1, 0.15) is 22.5 Å². The summed E-state index contributed by atoms with van der Waals surface area (Å²) in [4.78, 5) is 17.0. The Labute approximate surface area is 152 Å². The van der Waals surface area contributed by atoms with Crippen LogP contribution in [0.25, 0.3) is 11.3 Å². The summed E-state index contributed by atoms with van der Waals surface area (Å²) in [6.45, 7) is 0.0302. The number of aliphatic hydroxyl groups is 1. The molecule has 0 fully saturated rings. The number of pyridine rings is 1. The summed E-state index contributed by atoms with van der Waals surface area (Å²) in [5.41, 5.74) is 5.46. The average molecular weight is 347 g/mol. The highest BCUT2D eigenvalue weighted by Crippen LogP contribution is 2.41. The van der Waals surface area contributed by atoms with Crippen LogP contribution in [0.15, 0.2) is 54.9 Å². The van der Waals surface area contributed by atoms with Gasteiger partial charge in [-0.3, -0.25) is 9.78 Å². The third-order valence-corrected chi connectivity index (χ3v) is 5.01. The van der Waals surface area contributed by atoms with Gasteiger partial charge >= 0.3 is 0 Å². The molecule has 0 saturated carbocycles. The van der Waals surface area contributed by atoms with Crippen molar-refractivity contribution in [1.29, 1.82) is 0 Å². The van der Waals surface area contributed by atoms with Crippen molar-refractivity contribution in [3.05, 3.63) is 66.1 Å². The predicted octanol–water partition coefficient (Wildman–Crippen LogP) is 3.57. The fourth-order valence-electron chi connectivity index (χ4n) is 3.75. The van der Waals surface area contributed by atoms with Crippen molar-refractivity contribution in [2.75, 3.05) is 11.9 Å². The molecule has 0 saturated heterocycles. The third-order valence-electron chi connectivity index (χ3n) is 5.01. The average Bonchev–Trinajstić information content (AvgIpc) is 2.95. The van der Waals surface area contributed by atoms with Gasteiger partial charge in [0.15, 0.2) is 5.78 Å². The Morgan fingerprint density at radius 3 is 2.58 bits per heavy atom. The smallest absolute Gasteiger partial charge is 0.167 e. The van der Waals surface area contributed by atoms with Gasteiger partial charge < -0.3 is 15.0 Å². The van der Waals surface area contributed by atoms with Crippen molar-refractivity contribution in [1.82, 2.24) is 9.55 Å². The summed E-state index contributed by atoms with van der Waals surface area (Å²) in [6.07, 6.45) is 4.59. The van der Waals surface area contributed by atoms with Crippen LogP contribution in [0, 0.1) is 5.92 Å². The minimum atomic E-state index is -0.0153. The fourth-order valence-corrected chi connectivity index (χ4v) is 3.75. The van der Waals surface area contributed by atoms with Gasteiger partial charge in [-0.25, -0.2) is 0 Å². The van der Waals surface area contributed by atoms with Gasteiger partial charge in [0.25, 0.3) is 0 Å². The van der Waals surface area contributed by atoms with E-state index in [1.807, 2.05) is 49.5 Å². The van der Waals surface area contributed by atoms with Gasteiger partial charge in [-0.05, 0) is 36.6 Å². The second-order valence-electron chi connectivity index (χ2n) is 6.71. The van der Waals surface area contributed by atoms with E-state index in [2.05, 4.69) is 14.9 Å². The summed E-state index contributed by atoms with van der Waals surface area (Å²) in [5, 5.41) is 13.0. The highest BCUT2D eigenvalue weighted by molar-refractivity contribution is 6.07. The molecule has 1 atom stereocenters. The first-order valence-electron chi connectivity index (χ1n) is 8.77. The highest BCUT2D eigenvalue weighted by atomic mass is 16.3. The lowest BCUT2D eigenvalue weighted by Crippen LogP contribution is -2.23. The molecule has 1 aromatic carbocycles. The minimum Gasteiger partial charge on any atom is -0.396 e. The number of rotatable bonds is 4. The van der Waals surface area contributed by atoms with Crippen molar-refractivity contribution in [3.63, 3.8) is 0 Å². The topological polar surface area (TPSA) is 67.2 Å². The molecule has 0 bridgehead atoms. The van der Waals surface area contributed by atoms with Crippen molar-refractivity contribution < 1.29 is 9.90 Å². The molecule has 2 heterocycles. The third kappa shape index (κ3) is 2.80. The van der Waals surface area contributed by atoms with Gasteiger partial charge in [-0.2, -0.15) is 0 Å². The molecule has 0 amide bonds. The number of aliphatic hydroxyl groups excluding tert-OH is 1. The molecule has 2 N–H and O–H groups in total. The number of carbonyl (C=O) groups excluding carboxylic acids is 1. The molecule has 4 rings (SSSR count). The van der Waals surface area contributed by atoms with Crippen LogP contribution in [0.5, 0.6) is 0 Å². The van der Waals surface area contributed by atoms with Crippen LogP contribution in [0.3, 0.4) is 0 Å². The van der Waals surface area contributed by atoms with E-state index >= 15 is 0 Å². The summed E-state index contributed by atoms with van der Waals surface area (Å²) >= 11 is 0. The van der Waals surface area contributed by atoms with E-state index in [4.69, 9.17) is 0 Å². The van der Waals surface area contributed by atoms with Crippen LogP contribution >= 0.6 is 0 Å². The zero-order valence-electron chi connectivity index (χ0n) is 14.6. The number of para-hydroxylation sites is 1. The number of carbonyl (C=O) groups is 1. The number of hydrogen-bond acceptors (Lipinski definition) is 4. The molecule has 2 aromatic heterocycles. The van der Waals surface area contributed by atoms with E-state index in [1.54, 1.807) is 12.4 Å². The second kappa shape index (κ2) is 6.77. The first-order chi connectivity index (χ1) is 12.7. The number of aromatic nitrogens is 2. The molecule has 0 radical (unpaired) electrons. The Kier molecular flexibility index (Phi) is 4.31. The van der Waals surface area contributed by atoms with E-state index in [9.17, 15) is 9.90 Å². The van der Waals surface area contributed by atoms with Gasteiger partial charge in [0.2, 0.25) is 0 Å². The van der Waals surface area contributed by atoms with Crippen molar-refractivity contribution >= 4 is 17.2 Å². The van der Waals surface area contributed by atoms with Gasteiger partial charge in [-0.15, -0.1) is 0 Å². The lowest BCUT2D eigenvalue weighted by Gasteiger charge is -2.21. The first-order valence-corrected chi connectivity index (χ1v) is 8.77. The Hall–Kier alpha value is -2.92. The predicted molar refractivity (Wildman–Crippen MR) is 102 cm³/mol. The van der Waals surface area contributed by atoms with E-state index < -0.39 is 0 Å². The molecule has 0 spiro atoms. The number of hydrogen-bond donors (Lipinski definition) is 2. The Balaban J connectivity index is 1.91. The first kappa shape index (κ1) is 16.5. The number of anilines is 2. The standard InChI is InChI=1S/C21H21N3O2/c1-24-17-11-14(13-25)12-18(26)19(17)20(23-16-5-3-2-4-6-16)21(24)15-7-9-22-10-8-15/h2-10,14,23,25H,11-13H2,1H3. The number of Topliss-reactive ketones (excluding diaryl/α,β-unsaturated/α-hetero) is 1. The molecule has 1 aliphatic rings. The van der Waals surface area contributed by atoms with E-state index in [0.717, 1.165) is 33.9 Å². The molecular weight excluding hydrogens is 326 g/mol. The fraction of sp³-hybridized carbons (Fsp3) is 0.238. The van der Waals surface area contributed by atoms with Crippen molar-refractivity contribution in [2.24, 2.45) is 13.0 Å². The molecule has 0 aliphatic heterocycles. The van der Waals surface area contributed by atoms with Crippen molar-refractivity contribution in [2.45, 2.75) is 12.8 Å². The maximum atomic E-state index is 12.9. The summed E-state index contributed by atoms with van der Waals surface area (Å²) in [7, 11) is 1.98. The van der Waals surface area contributed by atoms with E-state index in [-0.39, 0.29) is 18.3 Å². The van der Waals surface area contributed by atoms with E-state index in [1.165, 1.54) is 0 Å². The normalized spacial score (nSPS) is 16.4. The van der Waals surface area contributed by atoms with Gasteiger partial charge in [0, 0.05) is 49.4 Å². The van der Waals surface area contributed by atoms with Crippen LogP contribution in [0.4, 0.5) is 11.4 Å². The van der Waals surface area contributed by atoms with Crippen LogP contribution in [0.2, 0.25) is 0 Å². The maximum Gasteiger partial charge on any atom is 0.167 e. The van der Waals surface area contributed by atoms with E-state index in [0.29, 0.717) is 12.8 Å². The number of benzene rings is 1. The Bertz CT molecular complexity index is 933. The second-order valence-corrected chi connectivity index (χ2v) is 6.71. The van der Waals surface area contributed by atoms with Crippen LogP contribution < -0.4 is 5.32 Å². The molecule has 1 unspecified atom stereocenters. The molecule has 3 aromatic rings. The molecule has 26 heavy (non-hydrogen) atoms. The molecule has 5 nitrogen and oxygen atoms in total. The Morgan fingerprint density at radius 2 is 1.88 bits per heavy atom. The molecule has 132 valence electrons. The number of fused-ring (bicyclic) bond motifs is 1. The zero-order chi connectivity index (χ0) is 18.1. The minimum absolute atomic E-state index is 0.0153. The SMILES string of the molecule is Cn1c2c(c(Nc3ccccc3)c1-c1ccncc1)C(=O)CC(CO)C2. The quantitative estimate of drug-likeness (QED) is 0.757. The highest BCUT2D eigenvalue weighted by Gasteiger charge is 2.33. The lowest BCUT2D eigenvalue weighted by molar-refractivity contribution is 0.0918. The monoisotopic (exact) mass is 347 g/mol. The van der Waals surface area contributed by atoms with Gasteiger partial charge in [-0.1, -0.05) is 18.2 Å². The summed E-state index contributed by atoms with van der Waals surface area (Å²) in [5.74, 6) is 0.0677. The summed E-state index contributed by atoms with van der Waals surface area (Å²) in [6, 6.07) is 13.8. The number of nitrogens with one attached hydrogen (secondary N) is 1. The summed E-state index contributed by atoms with van der Waals surface area (Å²) < 4.78 is 2.08. The molecule has 1 aliphatic carbocycles. The zero-order valence-corrected chi connectivity index (χ0v) is 14.6. The molecule has 5 heteroatoms. The maximum absolute atomic E-state index is 12.9. The number of nitrogens with zero attached hydrogens (tertiary/aromatic N) is 2. The van der Waals surface area contributed by atoms with Crippen LogP contribution in [-0.4, -0.2) is 27.0 Å². The van der Waals surface area contributed by atoms with Gasteiger partial charge in [0.05, 0.1) is 16.9 Å². The Morgan fingerprint density at radius 1 is 1.15 bits per heavy atom. The lowest BCUT2D eigenvalue weighted by atomic mass is 9.86. The largest absolute Gasteiger partial charge is 0.396 e. The van der Waals surface area contributed by atoms with Crippen molar-refractivity contribution in [3.8, 4) is 11.3 Å².